The second-order valence-corrected chi connectivity index (χ2v) is 7.90. The third-order valence-corrected chi connectivity index (χ3v) is 4.66. The summed E-state index contributed by atoms with van der Waals surface area (Å²) >= 11 is 5.32. The first-order valence-corrected chi connectivity index (χ1v) is 8.10. The molecule has 0 saturated heterocycles. The van der Waals surface area contributed by atoms with E-state index in [1.165, 1.54) is 15.6 Å². The first kappa shape index (κ1) is 15.3. The fourth-order valence-corrected chi connectivity index (χ4v) is 3.82. The van der Waals surface area contributed by atoms with Crippen LogP contribution in [0, 0.1) is 0 Å². The normalized spacial score (nSPS) is 11.6. The molecule has 1 amide bonds. The van der Waals surface area contributed by atoms with E-state index in [9.17, 15) is 4.79 Å². The number of amides is 1. The molecule has 2 aromatic rings. The van der Waals surface area contributed by atoms with Crippen molar-refractivity contribution >= 4 is 43.4 Å². The van der Waals surface area contributed by atoms with E-state index in [0.29, 0.717) is 6.54 Å². The topological polar surface area (TPSA) is 38.3 Å². The number of alkyl carbamates (subject to hydrolysis) is 1. The van der Waals surface area contributed by atoms with E-state index in [-0.39, 0.29) is 6.09 Å². The molecular weight excluding hydrogens is 338 g/mol. The number of thiophene rings is 1. The third kappa shape index (κ3) is 3.96. The Bertz CT molecular complexity index is 616. The van der Waals surface area contributed by atoms with Crippen molar-refractivity contribution in [1.82, 2.24) is 5.32 Å². The number of rotatable bonds is 3. The highest BCUT2D eigenvalue weighted by molar-refractivity contribution is 9.11. The van der Waals surface area contributed by atoms with E-state index in [4.69, 9.17) is 4.74 Å². The van der Waals surface area contributed by atoms with Crippen molar-refractivity contribution in [3.63, 3.8) is 0 Å². The van der Waals surface area contributed by atoms with Gasteiger partial charge >= 0.3 is 6.09 Å². The van der Waals surface area contributed by atoms with E-state index in [1.54, 1.807) is 11.3 Å². The fourth-order valence-electron chi connectivity index (χ4n) is 1.91. The number of carbonyl (C=O) groups excluding carboxylic acids is 1. The second-order valence-electron chi connectivity index (χ2n) is 5.53. The lowest BCUT2D eigenvalue weighted by Crippen LogP contribution is -2.33. The van der Waals surface area contributed by atoms with E-state index >= 15 is 0 Å². The smallest absolute Gasteiger partial charge is 0.407 e. The van der Waals surface area contributed by atoms with Gasteiger partial charge in [-0.2, -0.15) is 0 Å². The predicted molar refractivity (Wildman–Crippen MR) is 87.5 cm³/mol. The van der Waals surface area contributed by atoms with Crippen LogP contribution in [-0.4, -0.2) is 18.2 Å². The van der Waals surface area contributed by atoms with Gasteiger partial charge in [-0.3, -0.25) is 0 Å². The molecule has 1 N–H and O–H groups in total. The summed E-state index contributed by atoms with van der Waals surface area (Å²) in [5.74, 6) is 0. The van der Waals surface area contributed by atoms with Crippen molar-refractivity contribution in [2.24, 2.45) is 0 Å². The minimum atomic E-state index is -0.459. The molecule has 2 rings (SSSR count). The van der Waals surface area contributed by atoms with E-state index in [1.807, 2.05) is 32.9 Å². The number of hydrogen-bond acceptors (Lipinski definition) is 3. The number of fused-ring (bicyclic) bond motifs is 1. The fraction of sp³-hybridized carbons (Fsp3) is 0.400. The number of nitrogens with one attached hydrogen (secondary N) is 1. The van der Waals surface area contributed by atoms with Crippen molar-refractivity contribution in [2.45, 2.75) is 32.8 Å². The molecule has 1 aromatic heterocycles. The summed E-state index contributed by atoms with van der Waals surface area (Å²) in [6.45, 7) is 6.13. The molecule has 0 spiro atoms. The Hall–Kier alpha value is -1.07. The lowest BCUT2D eigenvalue weighted by molar-refractivity contribution is 0.0528. The van der Waals surface area contributed by atoms with Crippen LogP contribution in [0.3, 0.4) is 0 Å². The van der Waals surface area contributed by atoms with E-state index < -0.39 is 5.60 Å². The lowest BCUT2D eigenvalue weighted by atomic mass is 10.1. The lowest BCUT2D eigenvalue weighted by Gasteiger charge is -2.19. The van der Waals surface area contributed by atoms with Crippen molar-refractivity contribution < 1.29 is 9.53 Å². The molecule has 108 valence electrons. The van der Waals surface area contributed by atoms with Crippen molar-refractivity contribution in [2.75, 3.05) is 6.54 Å². The zero-order valence-electron chi connectivity index (χ0n) is 11.8. The highest BCUT2D eigenvalue weighted by atomic mass is 79.9. The molecule has 0 saturated carbocycles. The van der Waals surface area contributed by atoms with Gasteiger partial charge in [-0.15, -0.1) is 11.3 Å². The molecule has 0 aliphatic carbocycles. The first-order chi connectivity index (χ1) is 9.37. The summed E-state index contributed by atoms with van der Waals surface area (Å²) < 4.78 is 7.60. The van der Waals surface area contributed by atoms with Crippen LogP contribution < -0.4 is 5.32 Å². The largest absolute Gasteiger partial charge is 0.444 e. The maximum Gasteiger partial charge on any atom is 0.407 e. The minimum Gasteiger partial charge on any atom is -0.444 e. The highest BCUT2D eigenvalue weighted by Crippen LogP contribution is 2.35. The Morgan fingerprint density at radius 2 is 2.05 bits per heavy atom. The van der Waals surface area contributed by atoms with Crippen LogP contribution in [0.2, 0.25) is 0 Å². The summed E-state index contributed by atoms with van der Waals surface area (Å²) in [6, 6.07) is 8.29. The Kier molecular flexibility index (Phi) is 4.70. The van der Waals surface area contributed by atoms with Crippen LogP contribution in [0.15, 0.2) is 28.1 Å². The van der Waals surface area contributed by atoms with E-state index in [2.05, 4.69) is 33.4 Å². The number of carbonyl (C=O) groups is 1. The summed E-state index contributed by atoms with van der Waals surface area (Å²) in [5, 5.41) is 4.04. The first-order valence-electron chi connectivity index (χ1n) is 6.49. The monoisotopic (exact) mass is 355 g/mol. The van der Waals surface area contributed by atoms with Crippen LogP contribution in [0.5, 0.6) is 0 Å². The van der Waals surface area contributed by atoms with Crippen LogP contribution in [0.4, 0.5) is 4.79 Å². The Morgan fingerprint density at radius 1 is 1.35 bits per heavy atom. The molecule has 0 unspecified atom stereocenters. The highest BCUT2D eigenvalue weighted by Gasteiger charge is 2.16. The van der Waals surface area contributed by atoms with Gasteiger partial charge in [-0.25, -0.2) is 4.79 Å². The summed E-state index contributed by atoms with van der Waals surface area (Å²) in [4.78, 5) is 11.6. The summed E-state index contributed by atoms with van der Waals surface area (Å²) in [7, 11) is 0. The van der Waals surface area contributed by atoms with Gasteiger partial charge in [0, 0.05) is 11.2 Å². The van der Waals surface area contributed by atoms with Gasteiger partial charge in [0.15, 0.2) is 0 Å². The average Bonchev–Trinajstić information content (AvgIpc) is 2.64. The third-order valence-electron chi connectivity index (χ3n) is 2.69. The Labute approximate surface area is 131 Å². The Balaban J connectivity index is 1.96. The van der Waals surface area contributed by atoms with Gasteiger partial charge in [0.2, 0.25) is 0 Å². The maximum absolute atomic E-state index is 11.6. The SMILES string of the molecule is CC(C)(C)OC(=O)NCCc1c(Br)sc2ccccc12. The van der Waals surface area contributed by atoms with Gasteiger partial charge in [0.25, 0.3) is 0 Å². The average molecular weight is 356 g/mol. The predicted octanol–water partition coefficient (Wildman–Crippen LogP) is 4.73. The molecule has 0 radical (unpaired) electrons. The van der Waals surface area contributed by atoms with Crippen molar-refractivity contribution in [3.8, 4) is 0 Å². The molecule has 1 aromatic carbocycles. The molecule has 3 nitrogen and oxygen atoms in total. The molecule has 0 aliphatic heterocycles. The van der Waals surface area contributed by atoms with Crippen LogP contribution in [0.1, 0.15) is 26.3 Å². The van der Waals surface area contributed by atoms with Gasteiger partial charge < -0.3 is 10.1 Å². The number of hydrogen-bond donors (Lipinski definition) is 1. The van der Waals surface area contributed by atoms with Crippen LogP contribution in [-0.2, 0) is 11.2 Å². The van der Waals surface area contributed by atoms with Gasteiger partial charge in [0.1, 0.15) is 5.60 Å². The maximum atomic E-state index is 11.6. The molecular formula is C15H18BrNO2S. The number of benzene rings is 1. The molecule has 0 bridgehead atoms. The molecule has 1 heterocycles. The molecule has 5 heteroatoms. The van der Waals surface area contributed by atoms with Gasteiger partial charge in [-0.05, 0) is 60.1 Å². The van der Waals surface area contributed by atoms with Crippen molar-refractivity contribution in [3.05, 3.63) is 33.6 Å². The van der Waals surface area contributed by atoms with Gasteiger partial charge in [0.05, 0.1) is 3.79 Å². The molecule has 20 heavy (non-hydrogen) atoms. The van der Waals surface area contributed by atoms with E-state index in [0.717, 1.165) is 10.2 Å². The van der Waals surface area contributed by atoms with Gasteiger partial charge in [-0.1, -0.05) is 18.2 Å². The van der Waals surface area contributed by atoms with Crippen LogP contribution >= 0.6 is 27.3 Å². The number of ether oxygens (including phenoxy) is 1. The summed E-state index contributed by atoms with van der Waals surface area (Å²) in [6.07, 6.45) is 0.414. The second kappa shape index (κ2) is 6.14. The summed E-state index contributed by atoms with van der Waals surface area (Å²) in [5.41, 5.74) is 0.779. The number of halogens is 1. The van der Waals surface area contributed by atoms with Crippen LogP contribution in [0.25, 0.3) is 10.1 Å². The zero-order chi connectivity index (χ0) is 14.8. The quantitative estimate of drug-likeness (QED) is 0.863. The standard InChI is InChI=1S/C15H18BrNO2S/c1-15(2,3)19-14(18)17-9-8-11-10-6-4-5-7-12(10)20-13(11)16/h4-7H,8-9H2,1-3H3,(H,17,18). The molecule has 0 aliphatic rings. The van der Waals surface area contributed by atoms with Crippen molar-refractivity contribution in [1.29, 1.82) is 0 Å². The zero-order valence-corrected chi connectivity index (χ0v) is 14.2. The molecule has 0 atom stereocenters. The Morgan fingerprint density at radius 3 is 2.75 bits per heavy atom. The molecule has 0 fully saturated rings. The minimum absolute atomic E-state index is 0.367.